The highest BCUT2D eigenvalue weighted by Gasteiger charge is 2.13. The predicted octanol–water partition coefficient (Wildman–Crippen LogP) is 6.67. The van der Waals surface area contributed by atoms with Crippen molar-refractivity contribution in [3.05, 3.63) is 91.8 Å². The van der Waals surface area contributed by atoms with Crippen LogP contribution in [0.15, 0.2) is 70.6 Å². The van der Waals surface area contributed by atoms with Crippen molar-refractivity contribution in [2.75, 3.05) is 0 Å². The summed E-state index contributed by atoms with van der Waals surface area (Å²) in [5, 5.41) is 3.63. The Labute approximate surface area is 196 Å². The number of aromatic nitrogens is 4. The number of benzene rings is 2. The minimum atomic E-state index is 0.500. The third-order valence-corrected chi connectivity index (χ3v) is 6.22. The fourth-order valence-electron chi connectivity index (χ4n) is 3.22. The highest BCUT2D eigenvalue weighted by atomic mass is 79.9. The van der Waals surface area contributed by atoms with Gasteiger partial charge in [0.15, 0.2) is 11.5 Å². The predicted molar refractivity (Wildman–Crippen MR) is 128 cm³/mol. The average Bonchev–Trinajstić information content (AvgIpc) is 3.40. The van der Waals surface area contributed by atoms with Gasteiger partial charge in [-0.05, 0) is 45.8 Å². The van der Waals surface area contributed by atoms with Crippen LogP contribution in [-0.2, 0) is 13.0 Å². The fraction of sp³-hybridized carbons (Fsp3) is 0.0870. The highest BCUT2D eigenvalue weighted by Crippen LogP contribution is 2.29. The van der Waals surface area contributed by atoms with E-state index in [4.69, 9.17) is 21.3 Å². The Balaban J connectivity index is 1.37. The molecule has 0 radical (unpaired) electrons. The van der Waals surface area contributed by atoms with Gasteiger partial charge in [0.05, 0.1) is 10.5 Å². The van der Waals surface area contributed by atoms with Crippen LogP contribution in [-0.4, -0.2) is 19.9 Å². The van der Waals surface area contributed by atoms with Crippen molar-refractivity contribution in [2.24, 2.45) is 0 Å². The Bertz CT molecular complexity index is 1350. The van der Waals surface area contributed by atoms with E-state index in [0.717, 1.165) is 37.6 Å². The number of nitrogens with zero attached hydrogens (tertiary/aromatic N) is 3. The van der Waals surface area contributed by atoms with E-state index in [1.165, 1.54) is 0 Å². The minimum Gasteiger partial charge on any atom is -0.489 e. The summed E-state index contributed by atoms with van der Waals surface area (Å²) in [5.41, 5.74) is 4.44. The number of hydrogen-bond acceptors (Lipinski definition) is 5. The lowest BCUT2D eigenvalue weighted by molar-refractivity contribution is 0.303. The molecule has 0 aliphatic rings. The van der Waals surface area contributed by atoms with Crippen LogP contribution in [0.3, 0.4) is 0 Å². The van der Waals surface area contributed by atoms with E-state index in [9.17, 15) is 0 Å². The maximum atomic E-state index is 6.26. The first-order valence-electron chi connectivity index (χ1n) is 9.55. The van der Waals surface area contributed by atoms with Crippen LogP contribution in [0.2, 0.25) is 5.02 Å². The number of halogens is 2. The van der Waals surface area contributed by atoms with E-state index >= 15 is 0 Å². The normalized spacial score (nSPS) is 11.2. The second kappa shape index (κ2) is 8.78. The first kappa shape index (κ1) is 20.2. The van der Waals surface area contributed by atoms with E-state index in [0.29, 0.717) is 29.5 Å². The van der Waals surface area contributed by atoms with E-state index in [2.05, 4.69) is 30.9 Å². The number of thiazole rings is 1. The lowest BCUT2D eigenvalue weighted by atomic mass is 10.1. The fourth-order valence-corrected chi connectivity index (χ4v) is 4.55. The van der Waals surface area contributed by atoms with Crippen LogP contribution in [0.25, 0.3) is 22.7 Å². The maximum Gasteiger partial charge on any atom is 0.178 e. The average molecular weight is 512 g/mol. The second-order valence-corrected chi connectivity index (χ2v) is 9.23. The Kier molecular flexibility index (Phi) is 5.72. The summed E-state index contributed by atoms with van der Waals surface area (Å²) >= 11 is 11.3. The molecule has 0 spiro atoms. The minimum absolute atomic E-state index is 0.500. The van der Waals surface area contributed by atoms with Crippen molar-refractivity contribution >= 4 is 50.0 Å². The first-order chi connectivity index (χ1) is 15.1. The van der Waals surface area contributed by atoms with Crippen LogP contribution in [0.5, 0.6) is 5.75 Å². The SMILES string of the molecule is Clc1ccc(OCc2ccccc2)c(Cc2nc(-c3nc4ncc(Br)cc4[nH]3)cs2)c1. The summed E-state index contributed by atoms with van der Waals surface area (Å²) < 4.78 is 6.98. The molecule has 31 heavy (non-hydrogen) atoms. The Morgan fingerprint density at radius 2 is 1.94 bits per heavy atom. The molecule has 5 aromatic rings. The van der Waals surface area contributed by atoms with Gasteiger partial charge in [-0.2, -0.15) is 0 Å². The summed E-state index contributed by atoms with van der Waals surface area (Å²) in [7, 11) is 0. The molecule has 0 bridgehead atoms. The molecule has 0 saturated heterocycles. The molecule has 5 nitrogen and oxygen atoms in total. The van der Waals surface area contributed by atoms with Gasteiger partial charge in [0, 0.05) is 33.1 Å². The number of nitrogens with one attached hydrogen (secondary N) is 1. The van der Waals surface area contributed by atoms with Gasteiger partial charge < -0.3 is 9.72 Å². The molecular formula is C23H16BrClN4OS. The number of hydrogen-bond donors (Lipinski definition) is 1. The molecule has 3 heterocycles. The summed E-state index contributed by atoms with van der Waals surface area (Å²) in [5.74, 6) is 1.51. The summed E-state index contributed by atoms with van der Waals surface area (Å²) in [6.07, 6.45) is 2.36. The number of ether oxygens (including phenoxy) is 1. The van der Waals surface area contributed by atoms with Crippen LogP contribution >= 0.6 is 38.9 Å². The molecule has 0 saturated carbocycles. The Hall–Kier alpha value is -2.74. The molecule has 3 aromatic heterocycles. The van der Waals surface area contributed by atoms with Crippen LogP contribution < -0.4 is 4.74 Å². The van der Waals surface area contributed by atoms with Gasteiger partial charge >= 0.3 is 0 Å². The number of rotatable bonds is 6. The Morgan fingerprint density at radius 1 is 1.06 bits per heavy atom. The maximum absolute atomic E-state index is 6.26. The molecule has 154 valence electrons. The number of fused-ring (bicyclic) bond motifs is 1. The zero-order valence-electron chi connectivity index (χ0n) is 16.2. The van der Waals surface area contributed by atoms with E-state index in [1.54, 1.807) is 17.5 Å². The van der Waals surface area contributed by atoms with Crippen molar-refractivity contribution in [3.63, 3.8) is 0 Å². The molecule has 5 rings (SSSR count). The number of pyridine rings is 1. The molecule has 0 aliphatic carbocycles. The molecular weight excluding hydrogens is 496 g/mol. The van der Waals surface area contributed by atoms with Gasteiger partial charge in [0.2, 0.25) is 0 Å². The largest absolute Gasteiger partial charge is 0.489 e. The first-order valence-corrected chi connectivity index (χ1v) is 11.6. The second-order valence-electron chi connectivity index (χ2n) is 6.94. The van der Waals surface area contributed by atoms with Crippen molar-refractivity contribution in [2.45, 2.75) is 13.0 Å². The highest BCUT2D eigenvalue weighted by molar-refractivity contribution is 9.10. The summed E-state index contributed by atoms with van der Waals surface area (Å²) in [4.78, 5) is 16.9. The lowest BCUT2D eigenvalue weighted by Gasteiger charge is -2.11. The van der Waals surface area contributed by atoms with E-state index in [-0.39, 0.29) is 0 Å². The zero-order valence-corrected chi connectivity index (χ0v) is 19.3. The van der Waals surface area contributed by atoms with Crippen molar-refractivity contribution < 1.29 is 4.74 Å². The Morgan fingerprint density at radius 3 is 2.81 bits per heavy atom. The monoisotopic (exact) mass is 510 g/mol. The van der Waals surface area contributed by atoms with Gasteiger partial charge in [0.25, 0.3) is 0 Å². The van der Waals surface area contributed by atoms with Gasteiger partial charge in [0.1, 0.15) is 18.1 Å². The molecule has 1 N–H and O–H groups in total. The van der Waals surface area contributed by atoms with Crippen LogP contribution in [0.1, 0.15) is 16.1 Å². The smallest absolute Gasteiger partial charge is 0.178 e. The molecule has 0 unspecified atom stereocenters. The standard InChI is InChI=1S/C23H16BrClN4OS/c24-16-10-18-22(26-11-16)29-23(28-18)19-13-31-21(27-19)9-15-8-17(25)6-7-20(15)30-12-14-4-2-1-3-5-14/h1-8,10-11,13H,9,12H2,(H,26,28,29). The van der Waals surface area contributed by atoms with Crippen LogP contribution in [0, 0.1) is 0 Å². The van der Waals surface area contributed by atoms with Gasteiger partial charge in [-0.15, -0.1) is 11.3 Å². The lowest BCUT2D eigenvalue weighted by Crippen LogP contribution is -1.99. The van der Waals surface area contributed by atoms with Gasteiger partial charge in [-0.1, -0.05) is 41.9 Å². The quantitative estimate of drug-likeness (QED) is 0.277. The van der Waals surface area contributed by atoms with Crippen molar-refractivity contribution in [1.82, 2.24) is 19.9 Å². The summed E-state index contributed by atoms with van der Waals surface area (Å²) in [6, 6.07) is 17.7. The van der Waals surface area contributed by atoms with E-state index < -0.39 is 0 Å². The third kappa shape index (κ3) is 4.63. The topological polar surface area (TPSA) is 63.7 Å². The van der Waals surface area contributed by atoms with Gasteiger partial charge in [-0.3, -0.25) is 0 Å². The third-order valence-electron chi connectivity index (χ3n) is 4.70. The molecule has 0 fully saturated rings. The van der Waals surface area contributed by atoms with Crippen LogP contribution in [0.4, 0.5) is 0 Å². The number of imidazole rings is 1. The van der Waals surface area contributed by atoms with Gasteiger partial charge in [-0.25, -0.2) is 15.0 Å². The van der Waals surface area contributed by atoms with Crippen molar-refractivity contribution in [1.29, 1.82) is 0 Å². The molecule has 0 amide bonds. The zero-order chi connectivity index (χ0) is 21.2. The number of H-pyrrole nitrogens is 1. The number of aromatic amines is 1. The molecule has 8 heteroatoms. The molecule has 2 aromatic carbocycles. The van der Waals surface area contributed by atoms with Crippen molar-refractivity contribution in [3.8, 4) is 17.3 Å². The molecule has 0 atom stereocenters. The molecule has 0 aliphatic heterocycles. The van der Waals surface area contributed by atoms with E-state index in [1.807, 2.05) is 60.0 Å². The summed E-state index contributed by atoms with van der Waals surface area (Å²) in [6.45, 7) is 0.500.